The number of hydrogen-bond acceptors (Lipinski definition) is 6. The number of rotatable bonds is 4. The van der Waals surface area contributed by atoms with Gasteiger partial charge in [0.1, 0.15) is 12.6 Å². The Hall–Kier alpha value is -3.23. The summed E-state index contributed by atoms with van der Waals surface area (Å²) < 4.78 is 0. The van der Waals surface area contributed by atoms with Gasteiger partial charge in [0.2, 0.25) is 11.8 Å². The highest BCUT2D eigenvalue weighted by Gasteiger charge is 2.47. The van der Waals surface area contributed by atoms with Gasteiger partial charge in [-0.05, 0) is 12.1 Å². The molecular weight excluding hydrogens is 306 g/mol. The van der Waals surface area contributed by atoms with Crippen molar-refractivity contribution in [1.29, 1.82) is 0 Å². The molecule has 118 valence electrons. The van der Waals surface area contributed by atoms with E-state index in [4.69, 9.17) is 5.11 Å². The number of fused-ring (bicyclic) bond motifs is 1. The summed E-state index contributed by atoms with van der Waals surface area (Å²) in [6.45, 7) is -0.430. The predicted molar refractivity (Wildman–Crippen MR) is 74.6 cm³/mol. The molecule has 9 nitrogen and oxygen atoms in total. The maximum atomic E-state index is 12.5. The number of aliphatic carboxylic acids is 1. The minimum atomic E-state index is -1.18. The molecule has 1 atom stereocenters. The summed E-state index contributed by atoms with van der Waals surface area (Å²) in [7, 11) is 0. The molecule has 1 saturated heterocycles. The number of anilines is 1. The molecule has 0 aromatic heterocycles. The number of nitrogens with zero attached hydrogens (tertiary/aromatic N) is 1. The van der Waals surface area contributed by atoms with Crippen molar-refractivity contribution in [3.8, 4) is 0 Å². The summed E-state index contributed by atoms with van der Waals surface area (Å²) in [5, 5.41) is 13.3. The Morgan fingerprint density at radius 3 is 2.61 bits per heavy atom. The summed E-state index contributed by atoms with van der Waals surface area (Å²) in [4.78, 5) is 59.4. The third-order valence-electron chi connectivity index (χ3n) is 3.63. The largest absolute Gasteiger partial charge is 0.480 e. The van der Waals surface area contributed by atoms with Crippen LogP contribution in [-0.4, -0.2) is 52.2 Å². The van der Waals surface area contributed by atoms with E-state index in [1.807, 2.05) is 5.32 Å². The normalized spacial score (nSPS) is 19.8. The third-order valence-corrected chi connectivity index (χ3v) is 3.63. The molecule has 0 spiro atoms. The first kappa shape index (κ1) is 14.7. The Balaban J connectivity index is 1.97. The van der Waals surface area contributed by atoms with Crippen molar-refractivity contribution in [3.05, 3.63) is 29.3 Å². The first-order chi connectivity index (χ1) is 10.9. The summed E-state index contributed by atoms with van der Waals surface area (Å²) in [6.07, 6.45) is -0.276. The third kappa shape index (κ3) is 2.31. The van der Waals surface area contributed by atoms with Crippen molar-refractivity contribution in [2.45, 2.75) is 12.5 Å². The zero-order valence-electron chi connectivity index (χ0n) is 11.7. The smallest absolute Gasteiger partial charge is 0.322 e. The fourth-order valence-corrected chi connectivity index (χ4v) is 2.65. The standard InChI is InChI=1S/C14H11N3O6/c18-9-4-8(12(21)16-9)17-13(22)6-2-1-3-7(11(6)14(17)23)15-5-10(19)20/h1-3,8,15H,4-5H2,(H,19,20)(H,16,18,21). The van der Waals surface area contributed by atoms with Crippen molar-refractivity contribution in [1.82, 2.24) is 10.2 Å². The van der Waals surface area contributed by atoms with Crippen LogP contribution >= 0.6 is 0 Å². The molecule has 2 aliphatic rings. The van der Waals surface area contributed by atoms with Gasteiger partial charge in [-0.3, -0.25) is 34.2 Å². The van der Waals surface area contributed by atoms with E-state index < -0.39 is 42.2 Å². The molecule has 2 aliphatic heterocycles. The van der Waals surface area contributed by atoms with Crippen LogP contribution in [0.3, 0.4) is 0 Å². The SMILES string of the molecule is O=C(O)CNc1cccc2c1C(=O)N(C1CC(=O)NC1=O)C2=O. The molecular formula is C14H11N3O6. The monoisotopic (exact) mass is 317 g/mol. The van der Waals surface area contributed by atoms with E-state index in [2.05, 4.69) is 5.32 Å². The van der Waals surface area contributed by atoms with Crippen molar-refractivity contribution in [3.63, 3.8) is 0 Å². The molecule has 3 N–H and O–H groups in total. The average Bonchev–Trinajstić information content (AvgIpc) is 2.94. The highest BCUT2D eigenvalue weighted by Crippen LogP contribution is 2.32. The average molecular weight is 317 g/mol. The van der Waals surface area contributed by atoms with E-state index in [0.717, 1.165) is 4.90 Å². The second kappa shape index (κ2) is 5.20. The second-order valence-corrected chi connectivity index (χ2v) is 5.09. The van der Waals surface area contributed by atoms with Gasteiger partial charge < -0.3 is 10.4 Å². The van der Waals surface area contributed by atoms with Gasteiger partial charge in [-0.2, -0.15) is 0 Å². The first-order valence-corrected chi connectivity index (χ1v) is 6.70. The van der Waals surface area contributed by atoms with Crippen molar-refractivity contribution in [2.24, 2.45) is 0 Å². The van der Waals surface area contributed by atoms with Crippen molar-refractivity contribution >= 4 is 35.3 Å². The highest BCUT2D eigenvalue weighted by molar-refractivity contribution is 6.26. The molecule has 0 radical (unpaired) electrons. The lowest BCUT2D eigenvalue weighted by Crippen LogP contribution is -2.44. The summed E-state index contributed by atoms with van der Waals surface area (Å²) in [5.74, 6) is -3.80. The Morgan fingerprint density at radius 1 is 1.26 bits per heavy atom. The molecule has 0 aliphatic carbocycles. The number of benzene rings is 1. The van der Waals surface area contributed by atoms with Crippen molar-refractivity contribution in [2.75, 3.05) is 11.9 Å². The Labute approximate surface area is 129 Å². The molecule has 2 heterocycles. The second-order valence-electron chi connectivity index (χ2n) is 5.09. The van der Waals surface area contributed by atoms with E-state index in [-0.39, 0.29) is 23.2 Å². The lowest BCUT2D eigenvalue weighted by Gasteiger charge is -2.18. The molecule has 1 unspecified atom stereocenters. The number of amides is 4. The van der Waals surface area contributed by atoms with Crippen LogP contribution in [0.15, 0.2) is 18.2 Å². The highest BCUT2D eigenvalue weighted by atomic mass is 16.4. The van der Waals surface area contributed by atoms with E-state index in [1.165, 1.54) is 18.2 Å². The lowest BCUT2D eigenvalue weighted by molar-refractivity contribution is -0.135. The van der Waals surface area contributed by atoms with Gasteiger partial charge in [0.15, 0.2) is 0 Å². The number of carboxylic acid groups (broad SMARTS) is 1. The maximum Gasteiger partial charge on any atom is 0.322 e. The first-order valence-electron chi connectivity index (χ1n) is 6.70. The van der Waals surface area contributed by atoms with Crippen LogP contribution in [0.1, 0.15) is 27.1 Å². The topological polar surface area (TPSA) is 133 Å². The molecule has 3 rings (SSSR count). The molecule has 1 aromatic carbocycles. The van der Waals surface area contributed by atoms with Crippen LogP contribution in [0.4, 0.5) is 5.69 Å². The van der Waals surface area contributed by atoms with Gasteiger partial charge in [-0.1, -0.05) is 6.07 Å². The number of hydrogen-bond donors (Lipinski definition) is 3. The fourth-order valence-electron chi connectivity index (χ4n) is 2.65. The lowest BCUT2D eigenvalue weighted by atomic mass is 10.1. The summed E-state index contributed by atoms with van der Waals surface area (Å²) in [5.41, 5.74) is 0.263. The minimum absolute atomic E-state index is 0.00546. The predicted octanol–water partition coefficient (Wildman–Crippen LogP) is -0.806. The van der Waals surface area contributed by atoms with Crippen LogP contribution in [0.5, 0.6) is 0 Å². The van der Waals surface area contributed by atoms with Crippen LogP contribution in [0, 0.1) is 0 Å². The number of carbonyl (C=O) groups is 5. The van der Waals surface area contributed by atoms with E-state index in [0.29, 0.717) is 0 Å². The quantitative estimate of drug-likeness (QED) is 0.619. The van der Waals surface area contributed by atoms with Crippen molar-refractivity contribution < 1.29 is 29.1 Å². The Kier molecular flexibility index (Phi) is 3.32. The van der Waals surface area contributed by atoms with Crippen LogP contribution in [0.25, 0.3) is 0 Å². The van der Waals surface area contributed by atoms with Gasteiger partial charge in [0.05, 0.1) is 17.5 Å². The minimum Gasteiger partial charge on any atom is -0.480 e. The maximum absolute atomic E-state index is 12.5. The Morgan fingerprint density at radius 2 is 2.00 bits per heavy atom. The zero-order chi connectivity index (χ0) is 16.7. The van der Waals surface area contributed by atoms with Crippen LogP contribution in [0.2, 0.25) is 0 Å². The van der Waals surface area contributed by atoms with E-state index in [1.54, 1.807) is 0 Å². The van der Waals surface area contributed by atoms with Gasteiger partial charge >= 0.3 is 5.97 Å². The van der Waals surface area contributed by atoms with Crippen LogP contribution in [-0.2, 0) is 14.4 Å². The van der Waals surface area contributed by atoms with Gasteiger partial charge in [0, 0.05) is 5.69 Å². The fraction of sp³-hybridized carbons (Fsp3) is 0.214. The number of imide groups is 2. The summed E-state index contributed by atoms with van der Waals surface area (Å²) >= 11 is 0. The summed E-state index contributed by atoms with van der Waals surface area (Å²) in [6, 6.07) is 3.20. The molecule has 23 heavy (non-hydrogen) atoms. The number of carbonyl (C=O) groups excluding carboxylic acids is 4. The molecule has 0 saturated carbocycles. The molecule has 1 aromatic rings. The van der Waals surface area contributed by atoms with Gasteiger partial charge in [-0.25, -0.2) is 0 Å². The molecule has 9 heteroatoms. The number of nitrogens with one attached hydrogen (secondary N) is 2. The van der Waals surface area contributed by atoms with Crippen LogP contribution < -0.4 is 10.6 Å². The number of carboxylic acids is 1. The van der Waals surface area contributed by atoms with E-state index in [9.17, 15) is 24.0 Å². The molecule has 4 amide bonds. The molecule has 1 fully saturated rings. The van der Waals surface area contributed by atoms with E-state index >= 15 is 0 Å². The van der Waals surface area contributed by atoms with Gasteiger partial charge in [0.25, 0.3) is 11.8 Å². The zero-order valence-corrected chi connectivity index (χ0v) is 11.7. The molecule has 0 bridgehead atoms. The Bertz CT molecular complexity index is 772. The van der Waals surface area contributed by atoms with Gasteiger partial charge in [-0.15, -0.1) is 0 Å².